The van der Waals surface area contributed by atoms with Gasteiger partial charge in [-0.1, -0.05) is 11.6 Å². The van der Waals surface area contributed by atoms with Crippen LogP contribution >= 0.6 is 11.8 Å². The van der Waals surface area contributed by atoms with E-state index in [1.807, 2.05) is 0 Å². The summed E-state index contributed by atoms with van der Waals surface area (Å²) in [6, 6.07) is 0. The minimum absolute atomic E-state index is 0.339. The third kappa shape index (κ3) is 2.80. The fraction of sp³-hybridized carbons (Fsp3) is 0.375. The zero-order valence-electron chi connectivity index (χ0n) is 6.28. The molecule has 0 aliphatic carbocycles. The molecular weight excluding hydrogens is 160 g/mol. The van der Waals surface area contributed by atoms with Gasteiger partial charge in [-0.25, -0.2) is 4.79 Å². The number of hydrogen-bond donors (Lipinski definition) is 1. The smallest absolute Gasteiger partial charge is 0.328 e. The average Bonchev–Trinajstić information content (AvgIpc) is 2.31. The van der Waals surface area contributed by atoms with Gasteiger partial charge in [0.1, 0.15) is 0 Å². The van der Waals surface area contributed by atoms with Crippen molar-refractivity contribution in [1.82, 2.24) is 0 Å². The Balaban J connectivity index is 2.37. The molecule has 1 N–H and O–H groups in total. The van der Waals surface area contributed by atoms with Crippen LogP contribution in [0.3, 0.4) is 0 Å². The summed E-state index contributed by atoms with van der Waals surface area (Å²) in [5, 5.41) is 10.7. The third-order valence-electron chi connectivity index (χ3n) is 1.42. The summed E-state index contributed by atoms with van der Waals surface area (Å²) >= 11 is 1.68. The zero-order chi connectivity index (χ0) is 8.27. The molecular formula is C8H10O2S. The second kappa shape index (κ2) is 3.62. The van der Waals surface area contributed by atoms with E-state index in [0.717, 1.165) is 6.42 Å². The minimum Gasteiger partial charge on any atom is -0.478 e. The first-order valence-corrected chi connectivity index (χ1v) is 4.35. The Bertz CT molecular complexity index is 218. The molecule has 1 heterocycles. The minimum atomic E-state index is -0.866. The van der Waals surface area contributed by atoms with Crippen molar-refractivity contribution in [1.29, 1.82) is 0 Å². The third-order valence-corrected chi connectivity index (χ3v) is 2.63. The summed E-state index contributed by atoms with van der Waals surface area (Å²) in [5.41, 5.74) is 1.33. The van der Waals surface area contributed by atoms with E-state index in [9.17, 15) is 4.79 Å². The van der Waals surface area contributed by atoms with E-state index in [1.165, 1.54) is 11.6 Å². The molecule has 1 rings (SSSR count). The highest BCUT2D eigenvalue weighted by Gasteiger charge is 2.11. The van der Waals surface area contributed by atoms with Crippen LogP contribution in [0.4, 0.5) is 0 Å². The molecule has 0 radical (unpaired) electrons. The van der Waals surface area contributed by atoms with E-state index in [4.69, 9.17) is 5.11 Å². The van der Waals surface area contributed by atoms with Crippen molar-refractivity contribution in [2.24, 2.45) is 0 Å². The maximum atomic E-state index is 10.1. The molecule has 0 saturated heterocycles. The summed E-state index contributed by atoms with van der Waals surface area (Å²) in [4.78, 5) is 10.1. The Morgan fingerprint density at radius 1 is 1.91 bits per heavy atom. The lowest BCUT2D eigenvalue weighted by atomic mass is 10.2. The lowest BCUT2D eigenvalue weighted by Crippen LogP contribution is -1.94. The average molecular weight is 170 g/mol. The Morgan fingerprint density at radius 3 is 3.09 bits per heavy atom. The molecule has 1 atom stereocenters. The molecule has 0 aromatic carbocycles. The monoisotopic (exact) mass is 170 g/mol. The SMILES string of the molecule is CC1=CSC(/C=C/C(=O)O)C1. The van der Waals surface area contributed by atoms with Crippen molar-refractivity contribution in [3.8, 4) is 0 Å². The van der Waals surface area contributed by atoms with Crippen LogP contribution in [-0.4, -0.2) is 16.3 Å². The van der Waals surface area contributed by atoms with Gasteiger partial charge in [0, 0.05) is 11.3 Å². The molecule has 0 spiro atoms. The number of rotatable bonds is 2. The highest BCUT2D eigenvalue weighted by molar-refractivity contribution is 8.03. The van der Waals surface area contributed by atoms with Crippen LogP contribution in [0.15, 0.2) is 23.1 Å². The second-order valence-electron chi connectivity index (χ2n) is 2.54. The molecule has 0 saturated carbocycles. The van der Waals surface area contributed by atoms with Crippen LogP contribution in [0.1, 0.15) is 13.3 Å². The van der Waals surface area contributed by atoms with Crippen LogP contribution in [0.2, 0.25) is 0 Å². The van der Waals surface area contributed by atoms with Gasteiger partial charge in [0.2, 0.25) is 0 Å². The summed E-state index contributed by atoms with van der Waals surface area (Å²) in [5.74, 6) is -0.866. The molecule has 1 unspecified atom stereocenters. The Labute approximate surface area is 70.0 Å². The predicted octanol–water partition coefficient (Wildman–Crippen LogP) is 2.04. The number of hydrogen-bond acceptors (Lipinski definition) is 2. The molecule has 11 heavy (non-hydrogen) atoms. The van der Waals surface area contributed by atoms with Gasteiger partial charge < -0.3 is 5.11 Å². The molecule has 0 amide bonds. The van der Waals surface area contributed by atoms with Crippen molar-refractivity contribution in [3.63, 3.8) is 0 Å². The first kappa shape index (κ1) is 8.40. The summed E-state index contributed by atoms with van der Waals surface area (Å²) in [6.45, 7) is 2.06. The molecule has 1 aliphatic heterocycles. The van der Waals surface area contributed by atoms with Crippen LogP contribution < -0.4 is 0 Å². The summed E-state index contributed by atoms with van der Waals surface area (Å²) < 4.78 is 0. The van der Waals surface area contributed by atoms with Crippen molar-refractivity contribution in [3.05, 3.63) is 23.1 Å². The van der Waals surface area contributed by atoms with Crippen LogP contribution in [0, 0.1) is 0 Å². The summed E-state index contributed by atoms with van der Waals surface area (Å²) in [6.07, 6.45) is 3.93. The van der Waals surface area contributed by atoms with E-state index in [2.05, 4.69) is 12.3 Å². The van der Waals surface area contributed by atoms with Gasteiger partial charge in [-0.2, -0.15) is 0 Å². The van der Waals surface area contributed by atoms with Crippen LogP contribution in [0.25, 0.3) is 0 Å². The van der Waals surface area contributed by atoms with Gasteiger partial charge in [-0.05, 0) is 18.8 Å². The van der Waals surface area contributed by atoms with Crippen LogP contribution in [0.5, 0.6) is 0 Å². The number of carboxylic acid groups (broad SMARTS) is 1. The lowest BCUT2D eigenvalue weighted by molar-refractivity contribution is -0.131. The van der Waals surface area contributed by atoms with Crippen molar-refractivity contribution >= 4 is 17.7 Å². The number of aliphatic carboxylic acids is 1. The van der Waals surface area contributed by atoms with Crippen molar-refractivity contribution in [2.45, 2.75) is 18.6 Å². The van der Waals surface area contributed by atoms with E-state index in [1.54, 1.807) is 17.8 Å². The fourth-order valence-electron chi connectivity index (χ4n) is 0.920. The van der Waals surface area contributed by atoms with Gasteiger partial charge in [-0.15, -0.1) is 11.8 Å². The number of carboxylic acids is 1. The Morgan fingerprint density at radius 2 is 2.64 bits per heavy atom. The van der Waals surface area contributed by atoms with Gasteiger partial charge in [0.25, 0.3) is 0 Å². The highest BCUT2D eigenvalue weighted by Crippen LogP contribution is 2.30. The zero-order valence-corrected chi connectivity index (χ0v) is 7.10. The molecule has 0 aromatic rings. The topological polar surface area (TPSA) is 37.3 Å². The van der Waals surface area contributed by atoms with E-state index < -0.39 is 5.97 Å². The summed E-state index contributed by atoms with van der Waals surface area (Å²) in [7, 11) is 0. The normalized spacial score (nSPS) is 24.1. The number of carbonyl (C=O) groups is 1. The van der Waals surface area contributed by atoms with Gasteiger partial charge >= 0.3 is 5.97 Å². The first-order valence-electron chi connectivity index (χ1n) is 3.40. The largest absolute Gasteiger partial charge is 0.478 e. The standard InChI is InChI=1S/C8H10O2S/c1-6-4-7(11-5-6)2-3-8(9)10/h2-3,5,7H,4H2,1H3,(H,9,10)/b3-2+. The quantitative estimate of drug-likeness (QED) is 0.644. The van der Waals surface area contributed by atoms with Crippen molar-refractivity contribution in [2.75, 3.05) is 0 Å². The Kier molecular flexibility index (Phi) is 2.76. The molecule has 3 heteroatoms. The van der Waals surface area contributed by atoms with E-state index in [-0.39, 0.29) is 0 Å². The molecule has 60 valence electrons. The molecule has 0 bridgehead atoms. The Hall–Kier alpha value is -0.700. The molecule has 0 aromatic heterocycles. The fourth-order valence-corrected chi connectivity index (χ4v) is 1.95. The number of allylic oxidation sites excluding steroid dienone is 1. The maximum Gasteiger partial charge on any atom is 0.328 e. The first-order chi connectivity index (χ1) is 5.18. The maximum absolute atomic E-state index is 10.1. The van der Waals surface area contributed by atoms with E-state index >= 15 is 0 Å². The van der Waals surface area contributed by atoms with Gasteiger partial charge in [0.05, 0.1) is 0 Å². The van der Waals surface area contributed by atoms with Crippen molar-refractivity contribution < 1.29 is 9.90 Å². The molecule has 2 nitrogen and oxygen atoms in total. The van der Waals surface area contributed by atoms with Crippen LogP contribution in [-0.2, 0) is 4.79 Å². The lowest BCUT2D eigenvalue weighted by Gasteiger charge is -1.98. The van der Waals surface area contributed by atoms with Gasteiger partial charge in [-0.3, -0.25) is 0 Å². The number of thioether (sulfide) groups is 1. The van der Waals surface area contributed by atoms with Gasteiger partial charge in [0.15, 0.2) is 0 Å². The second-order valence-corrected chi connectivity index (χ2v) is 3.65. The highest BCUT2D eigenvalue weighted by atomic mass is 32.2. The predicted molar refractivity (Wildman–Crippen MR) is 46.5 cm³/mol. The van der Waals surface area contributed by atoms with E-state index in [0.29, 0.717) is 5.25 Å². The molecule has 1 aliphatic rings. The molecule has 0 fully saturated rings.